The van der Waals surface area contributed by atoms with Gasteiger partial charge >= 0.3 is 0 Å². The minimum absolute atomic E-state index is 0.0825. The summed E-state index contributed by atoms with van der Waals surface area (Å²) >= 11 is 0. The molecule has 0 unspecified atom stereocenters. The molecule has 2 aromatic heterocycles. The first-order valence-corrected chi connectivity index (χ1v) is 29.0. The number of ether oxygens (including phenoxy) is 1. The Kier molecular flexibility index (Phi) is 14.5. The third-order valence-corrected chi connectivity index (χ3v) is 16.5. The second-order valence-corrected chi connectivity index (χ2v) is 25.7. The van der Waals surface area contributed by atoms with Crippen molar-refractivity contribution in [1.29, 1.82) is 0 Å². The smallest absolute Gasteiger partial charge is 0.137 e. The van der Waals surface area contributed by atoms with Crippen molar-refractivity contribution in [2.24, 2.45) is 0 Å². The SMILES string of the molecule is CC(C)c1cc(-c2cc(C(C)(C)C)cc(-c3c(F)cc(F)cc3F)c2N2CN(c3cc(Oc4ccc5c6ccccc6n(-c6cc(C(C)(C)C)ccn6)c5c4)cc(-c4c(C(C)C)cccc4C(C)C)c3)c3ccccc32)cc(C(C)C)c1. The molecule has 1 aliphatic heterocycles. The van der Waals surface area contributed by atoms with E-state index >= 15 is 13.2 Å². The standard InChI is InChI=1S/C74H75F3N4O/c1-43(2)47-30-48(44(3)4)32-49(31-47)61-35-52(74(12,13)14)36-62(71-63(76)38-53(75)39-64(71)77)72(61)80-42-79(66-24-17-18-25-67(66)80)54-33-50(70-57(45(5)6)21-19-22-58(70)46(7)8)34-56(40-54)82-55-26-27-60-59-20-15-16-23-65(59)81(68(60)41-55)69-37-51(28-29-78-69)73(9,10)11/h15-41,43-46H,42H2,1-14H3. The van der Waals surface area contributed by atoms with Crippen LogP contribution >= 0.6 is 0 Å². The maximum Gasteiger partial charge on any atom is 0.137 e. The maximum atomic E-state index is 16.8. The van der Waals surface area contributed by atoms with Gasteiger partial charge in [0, 0.05) is 58.0 Å². The molecular weight excluding hydrogens is 1020 g/mol. The number of fused-ring (bicyclic) bond motifs is 4. The molecule has 10 aromatic rings. The van der Waals surface area contributed by atoms with Crippen LogP contribution in [0, 0.1) is 17.5 Å². The lowest BCUT2D eigenvalue weighted by Crippen LogP contribution is -2.25. The molecule has 0 amide bonds. The Morgan fingerprint density at radius 2 is 1.07 bits per heavy atom. The number of hydrogen-bond donors (Lipinski definition) is 0. The first-order chi connectivity index (χ1) is 38.9. The van der Waals surface area contributed by atoms with Crippen molar-refractivity contribution in [3.05, 3.63) is 215 Å². The Labute approximate surface area is 483 Å². The fourth-order valence-corrected chi connectivity index (χ4v) is 11.9. The number of para-hydroxylation sites is 3. The van der Waals surface area contributed by atoms with Crippen LogP contribution in [-0.4, -0.2) is 16.2 Å². The fourth-order valence-electron chi connectivity index (χ4n) is 11.9. The molecule has 11 rings (SSSR count). The molecule has 0 N–H and O–H groups in total. The van der Waals surface area contributed by atoms with E-state index in [4.69, 9.17) is 9.72 Å². The van der Waals surface area contributed by atoms with E-state index in [1.165, 1.54) is 22.3 Å². The Morgan fingerprint density at radius 3 is 1.70 bits per heavy atom. The zero-order valence-electron chi connectivity index (χ0n) is 49.9. The van der Waals surface area contributed by atoms with Gasteiger partial charge in [0.2, 0.25) is 0 Å². The molecule has 82 heavy (non-hydrogen) atoms. The number of pyridine rings is 1. The van der Waals surface area contributed by atoms with Crippen LogP contribution in [0.15, 0.2) is 164 Å². The zero-order valence-corrected chi connectivity index (χ0v) is 49.9. The molecule has 0 bridgehead atoms. The Bertz CT molecular complexity index is 4020. The lowest BCUT2D eigenvalue weighted by molar-refractivity contribution is 0.483. The highest BCUT2D eigenvalue weighted by Crippen LogP contribution is 2.54. The van der Waals surface area contributed by atoms with E-state index in [0.29, 0.717) is 22.7 Å². The quantitative estimate of drug-likeness (QED) is 0.122. The molecule has 1 aliphatic rings. The third-order valence-electron chi connectivity index (χ3n) is 16.5. The first kappa shape index (κ1) is 55.8. The van der Waals surface area contributed by atoms with Gasteiger partial charge in [-0.05, 0) is 151 Å². The molecule has 0 atom stereocenters. The lowest BCUT2D eigenvalue weighted by atomic mass is 9.81. The van der Waals surface area contributed by atoms with Crippen molar-refractivity contribution >= 4 is 44.6 Å². The molecule has 0 spiro atoms. The van der Waals surface area contributed by atoms with Gasteiger partial charge in [0.15, 0.2) is 0 Å². The van der Waals surface area contributed by atoms with Gasteiger partial charge < -0.3 is 14.5 Å². The molecular formula is C74H75F3N4O. The molecule has 8 aromatic carbocycles. The minimum atomic E-state index is -0.973. The molecule has 8 heteroatoms. The highest BCUT2D eigenvalue weighted by Gasteiger charge is 2.35. The van der Waals surface area contributed by atoms with E-state index < -0.39 is 22.9 Å². The van der Waals surface area contributed by atoms with E-state index in [9.17, 15) is 0 Å². The zero-order chi connectivity index (χ0) is 58.3. The van der Waals surface area contributed by atoms with Crippen LogP contribution < -0.4 is 14.5 Å². The van der Waals surface area contributed by atoms with Crippen molar-refractivity contribution < 1.29 is 17.9 Å². The van der Waals surface area contributed by atoms with E-state index in [-0.39, 0.29) is 41.3 Å². The molecule has 0 saturated heterocycles. The average Bonchev–Trinajstić information content (AvgIpc) is 1.87. The lowest BCUT2D eigenvalue weighted by Gasteiger charge is -2.31. The minimum Gasteiger partial charge on any atom is -0.457 e. The highest BCUT2D eigenvalue weighted by molar-refractivity contribution is 6.09. The summed E-state index contributed by atoms with van der Waals surface area (Å²) in [6.45, 7) is 31.0. The summed E-state index contributed by atoms with van der Waals surface area (Å²) in [5.41, 5.74) is 15.6. The fraction of sp³-hybridized carbons (Fsp3) is 0.284. The van der Waals surface area contributed by atoms with Crippen LogP contribution in [0.4, 0.5) is 35.9 Å². The van der Waals surface area contributed by atoms with Gasteiger partial charge in [0.25, 0.3) is 0 Å². The van der Waals surface area contributed by atoms with Crippen molar-refractivity contribution in [3.8, 4) is 50.7 Å². The summed E-state index contributed by atoms with van der Waals surface area (Å²) in [5.74, 6) is 0.0721. The van der Waals surface area contributed by atoms with Crippen molar-refractivity contribution in [1.82, 2.24) is 9.55 Å². The number of anilines is 4. The number of hydrogen-bond acceptors (Lipinski definition) is 4. The van der Waals surface area contributed by atoms with E-state index in [1.807, 2.05) is 24.4 Å². The molecule has 5 nitrogen and oxygen atoms in total. The molecule has 0 aliphatic carbocycles. The summed E-state index contributed by atoms with van der Waals surface area (Å²) in [7, 11) is 0. The van der Waals surface area contributed by atoms with Crippen molar-refractivity contribution in [2.75, 3.05) is 16.5 Å². The first-order valence-electron chi connectivity index (χ1n) is 29.0. The van der Waals surface area contributed by atoms with Crippen molar-refractivity contribution in [2.45, 2.75) is 131 Å². The Morgan fingerprint density at radius 1 is 0.476 bits per heavy atom. The maximum absolute atomic E-state index is 16.8. The van der Waals surface area contributed by atoms with Gasteiger partial charge in [-0.15, -0.1) is 0 Å². The average molecular weight is 1090 g/mol. The van der Waals surface area contributed by atoms with E-state index in [0.717, 1.165) is 90.2 Å². The number of nitrogens with zero attached hydrogens (tertiary/aromatic N) is 4. The summed E-state index contributed by atoms with van der Waals surface area (Å²) in [6.07, 6.45) is 1.90. The summed E-state index contributed by atoms with van der Waals surface area (Å²) < 4.78 is 58.1. The predicted molar refractivity (Wildman–Crippen MR) is 337 cm³/mol. The van der Waals surface area contributed by atoms with Gasteiger partial charge in [-0.3, -0.25) is 4.57 Å². The topological polar surface area (TPSA) is 33.5 Å². The number of halogens is 3. The number of benzene rings is 8. The molecule has 0 fully saturated rings. The van der Waals surface area contributed by atoms with E-state index in [2.05, 4.69) is 239 Å². The summed E-state index contributed by atoms with van der Waals surface area (Å²) in [6, 6.07) is 52.9. The van der Waals surface area contributed by atoms with Crippen LogP contribution in [0.3, 0.4) is 0 Å². The Balaban J connectivity index is 1.14. The molecule has 3 heterocycles. The summed E-state index contributed by atoms with van der Waals surface area (Å²) in [4.78, 5) is 9.42. The van der Waals surface area contributed by atoms with Crippen LogP contribution in [0.25, 0.3) is 61.0 Å². The normalized spacial score (nSPS) is 13.0. The van der Waals surface area contributed by atoms with Gasteiger partial charge in [-0.25, -0.2) is 18.2 Å². The van der Waals surface area contributed by atoms with Crippen LogP contribution in [-0.2, 0) is 10.8 Å². The van der Waals surface area contributed by atoms with Gasteiger partial charge in [-0.2, -0.15) is 0 Å². The molecule has 0 radical (unpaired) electrons. The molecule has 418 valence electrons. The second kappa shape index (κ2) is 21.3. The van der Waals surface area contributed by atoms with Gasteiger partial charge in [-0.1, -0.05) is 164 Å². The van der Waals surface area contributed by atoms with Crippen LogP contribution in [0.1, 0.15) is 154 Å². The summed E-state index contributed by atoms with van der Waals surface area (Å²) in [5, 5.41) is 2.21. The second-order valence-electron chi connectivity index (χ2n) is 25.7. The molecule has 0 saturated carbocycles. The number of aromatic nitrogens is 2. The largest absolute Gasteiger partial charge is 0.457 e. The highest BCUT2D eigenvalue weighted by atomic mass is 19.1. The monoisotopic (exact) mass is 1090 g/mol. The van der Waals surface area contributed by atoms with E-state index in [1.54, 1.807) is 0 Å². The van der Waals surface area contributed by atoms with Crippen LogP contribution in [0.2, 0.25) is 0 Å². The van der Waals surface area contributed by atoms with Gasteiger partial charge in [0.1, 0.15) is 41.4 Å². The van der Waals surface area contributed by atoms with Crippen molar-refractivity contribution in [3.63, 3.8) is 0 Å². The predicted octanol–water partition coefficient (Wildman–Crippen LogP) is 21.7. The van der Waals surface area contributed by atoms with Gasteiger partial charge in [0.05, 0.1) is 33.7 Å². The van der Waals surface area contributed by atoms with Crippen LogP contribution in [0.5, 0.6) is 11.5 Å². The Hall–Kier alpha value is -8.10. The number of rotatable bonds is 12. The third kappa shape index (κ3) is 10.3.